The fourth-order valence-electron chi connectivity index (χ4n) is 3.21. The number of ether oxygens (including phenoxy) is 2. The second-order valence-corrected chi connectivity index (χ2v) is 6.31. The number of nitrogens with zero attached hydrogens (tertiary/aromatic N) is 4. The van der Waals surface area contributed by atoms with Gasteiger partial charge in [-0.15, -0.1) is 5.10 Å². The van der Waals surface area contributed by atoms with Crippen molar-refractivity contribution < 1.29 is 14.3 Å². The van der Waals surface area contributed by atoms with Gasteiger partial charge in [0.2, 0.25) is 5.91 Å². The molecule has 9 heteroatoms. The van der Waals surface area contributed by atoms with Crippen molar-refractivity contribution in [2.45, 2.75) is 13.1 Å². The first-order valence-electron chi connectivity index (χ1n) is 8.92. The molecule has 0 unspecified atom stereocenters. The van der Waals surface area contributed by atoms with Gasteiger partial charge < -0.3 is 14.8 Å². The van der Waals surface area contributed by atoms with Crippen molar-refractivity contribution in [2.24, 2.45) is 0 Å². The van der Waals surface area contributed by atoms with Crippen LogP contribution in [0.4, 0.5) is 0 Å². The fraction of sp³-hybridized carbons (Fsp3) is 0.200. The number of para-hydroxylation sites is 3. The molecule has 4 aromatic rings. The van der Waals surface area contributed by atoms with E-state index in [2.05, 4.69) is 15.4 Å². The van der Waals surface area contributed by atoms with Crippen LogP contribution in [0, 0.1) is 0 Å². The smallest absolute Gasteiger partial charge is 0.351 e. The maximum atomic E-state index is 12.8. The molecule has 0 spiro atoms. The van der Waals surface area contributed by atoms with E-state index in [9.17, 15) is 9.59 Å². The number of amides is 1. The molecular formula is C20H19N5O4. The SMILES string of the molecule is COc1cccc(CNC(=O)Cn2nc3cnc4ccccc4n3c2=O)c1OC. The number of nitrogens with one attached hydrogen (secondary N) is 1. The first kappa shape index (κ1) is 18.5. The summed E-state index contributed by atoms with van der Waals surface area (Å²) in [5, 5.41) is 7.00. The summed E-state index contributed by atoms with van der Waals surface area (Å²) in [6.07, 6.45) is 1.51. The molecule has 1 amide bonds. The van der Waals surface area contributed by atoms with Gasteiger partial charge in [0.05, 0.1) is 31.4 Å². The highest BCUT2D eigenvalue weighted by Gasteiger charge is 2.14. The molecule has 0 saturated heterocycles. The predicted octanol–water partition coefficient (Wildman–Crippen LogP) is 1.38. The average Bonchev–Trinajstić information content (AvgIpc) is 3.07. The molecule has 29 heavy (non-hydrogen) atoms. The van der Waals surface area contributed by atoms with E-state index in [-0.39, 0.29) is 19.0 Å². The molecule has 0 bridgehead atoms. The maximum absolute atomic E-state index is 12.8. The number of methoxy groups -OCH3 is 2. The van der Waals surface area contributed by atoms with Crippen LogP contribution in [-0.4, -0.2) is 39.3 Å². The van der Waals surface area contributed by atoms with E-state index in [1.165, 1.54) is 17.7 Å². The Morgan fingerprint density at radius 2 is 1.93 bits per heavy atom. The van der Waals surface area contributed by atoms with Crippen LogP contribution in [0.3, 0.4) is 0 Å². The standard InChI is InChI=1S/C20H19N5O4/c1-28-16-9-5-6-13(19(16)29-2)10-22-18(26)12-24-20(27)25-15-8-4-3-7-14(15)21-11-17(25)23-24/h3-9,11H,10,12H2,1-2H3,(H,22,26). The molecule has 0 aliphatic carbocycles. The van der Waals surface area contributed by atoms with Crippen molar-refractivity contribution in [1.82, 2.24) is 24.5 Å². The van der Waals surface area contributed by atoms with Gasteiger partial charge in [0, 0.05) is 12.1 Å². The van der Waals surface area contributed by atoms with E-state index in [0.717, 1.165) is 10.2 Å². The minimum Gasteiger partial charge on any atom is -0.493 e. The number of aromatic nitrogens is 4. The lowest BCUT2D eigenvalue weighted by Crippen LogP contribution is -2.32. The molecule has 2 aromatic heterocycles. The normalized spacial score (nSPS) is 11.0. The zero-order valence-electron chi connectivity index (χ0n) is 16.0. The highest BCUT2D eigenvalue weighted by Crippen LogP contribution is 2.30. The minimum atomic E-state index is -0.396. The molecule has 2 aromatic carbocycles. The zero-order chi connectivity index (χ0) is 20.4. The quantitative estimate of drug-likeness (QED) is 0.531. The molecular weight excluding hydrogens is 374 g/mol. The first-order chi connectivity index (χ1) is 14.1. The van der Waals surface area contributed by atoms with Gasteiger partial charge in [-0.05, 0) is 18.2 Å². The Morgan fingerprint density at radius 3 is 2.72 bits per heavy atom. The van der Waals surface area contributed by atoms with Crippen molar-refractivity contribution >= 4 is 22.6 Å². The number of fused-ring (bicyclic) bond motifs is 3. The molecule has 0 atom stereocenters. The molecule has 0 fully saturated rings. The van der Waals surface area contributed by atoms with Crippen LogP contribution in [0.1, 0.15) is 5.56 Å². The second kappa shape index (κ2) is 7.63. The monoisotopic (exact) mass is 393 g/mol. The summed E-state index contributed by atoms with van der Waals surface area (Å²) in [5.41, 5.74) is 2.07. The Morgan fingerprint density at radius 1 is 1.10 bits per heavy atom. The summed E-state index contributed by atoms with van der Waals surface area (Å²) in [6.45, 7) is 0.0208. The van der Waals surface area contributed by atoms with E-state index in [0.29, 0.717) is 28.2 Å². The molecule has 148 valence electrons. The summed E-state index contributed by atoms with van der Waals surface area (Å²) in [4.78, 5) is 29.5. The van der Waals surface area contributed by atoms with E-state index in [1.54, 1.807) is 19.2 Å². The Bertz CT molecular complexity index is 1260. The van der Waals surface area contributed by atoms with Crippen LogP contribution in [0.25, 0.3) is 16.7 Å². The van der Waals surface area contributed by atoms with Crippen molar-refractivity contribution in [3.8, 4) is 11.5 Å². The summed E-state index contributed by atoms with van der Waals surface area (Å²) < 4.78 is 13.2. The van der Waals surface area contributed by atoms with Gasteiger partial charge in [-0.2, -0.15) is 0 Å². The number of rotatable bonds is 6. The van der Waals surface area contributed by atoms with Gasteiger partial charge in [-0.25, -0.2) is 13.9 Å². The lowest BCUT2D eigenvalue weighted by atomic mass is 10.2. The van der Waals surface area contributed by atoms with Gasteiger partial charge in [0.1, 0.15) is 6.54 Å². The molecule has 2 heterocycles. The van der Waals surface area contributed by atoms with E-state index in [1.807, 2.05) is 30.3 Å². The highest BCUT2D eigenvalue weighted by atomic mass is 16.5. The van der Waals surface area contributed by atoms with E-state index in [4.69, 9.17) is 9.47 Å². The van der Waals surface area contributed by atoms with E-state index < -0.39 is 5.69 Å². The third kappa shape index (κ3) is 3.38. The van der Waals surface area contributed by atoms with Gasteiger partial charge >= 0.3 is 5.69 Å². The third-order valence-corrected chi connectivity index (χ3v) is 4.56. The molecule has 0 aliphatic heterocycles. The molecule has 0 aliphatic rings. The number of hydrogen-bond donors (Lipinski definition) is 1. The second-order valence-electron chi connectivity index (χ2n) is 6.31. The molecule has 9 nitrogen and oxygen atoms in total. The number of benzene rings is 2. The average molecular weight is 393 g/mol. The van der Waals surface area contributed by atoms with Crippen molar-refractivity contribution in [3.05, 3.63) is 64.7 Å². The van der Waals surface area contributed by atoms with Crippen molar-refractivity contribution in [3.63, 3.8) is 0 Å². The number of carbonyl (C=O) groups is 1. The molecule has 1 N–H and O–H groups in total. The molecule has 0 saturated carbocycles. The summed E-state index contributed by atoms with van der Waals surface area (Å²) in [5.74, 6) is 0.783. The van der Waals surface area contributed by atoms with Crippen LogP contribution in [-0.2, 0) is 17.9 Å². The summed E-state index contributed by atoms with van der Waals surface area (Å²) >= 11 is 0. The van der Waals surface area contributed by atoms with Gasteiger partial charge in [0.15, 0.2) is 17.1 Å². The summed E-state index contributed by atoms with van der Waals surface area (Å²) in [6, 6.07) is 12.7. The van der Waals surface area contributed by atoms with Gasteiger partial charge in [-0.1, -0.05) is 24.3 Å². The van der Waals surface area contributed by atoms with E-state index >= 15 is 0 Å². The Hall–Kier alpha value is -3.88. The Kier molecular flexibility index (Phi) is 4.86. The molecule has 0 radical (unpaired) electrons. The van der Waals surface area contributed by atoms with Gasteiger partial charge in [-0.3, -0.25) is 9.78 Å². The Balaban J connectivity index is 1.55. The third-order valence-electron chi connectivity index (χ3n) is 4.56. The molecule has 4 rings (SSSR count). The number of carbonyl (C=O) groups excluding carboxylic acids is 1. The van der Waals surface area contributed by atoms with Gasteiger partial charge in [0.25, 0.3) is 0 Å². The first-order valence-corrected chi connectivity index (χ1v) is 8.92. The maximum Gasteiger partial charge on any atom is 0.351 e. The van der Waals surface area contributed by atoms with Crippen LogP contribution in [0.15, 0.2) is 53.5 Å². The van der Waals surface area contributed by atoms with Crippen LogP contribution >= 0.6 is 0 Å². The van der Waals surface area contributed by atoms with Crippen LogP contribution < -0.4 is 20.5 Å². The topological polar surface area (TPSA) is 99.7 Å². The minimum absolute atomic E-state index is 0.207. The zero-order valence-corrected chi connectivity index (χ0v) is 16.0. The van der Waals surface area contributed by atoms with Crippen molar-refractivity contribution in [2.75, 3.05) is 14.2 Å². The van der Waals surface area contributed by atoms with Crippen LogP contribution in [0.5, 0.6) is 11.5 Å². The number of hydrogen-bond acceptors (Lipinski definition) is 6. The highest BCUT2D eigenvalue weighted by molar-refractivity contribution is 5.77. The Labute approximate surface area is 165 Å². The fourth-order valence-corrected chi connectivity index (χ4v) is 3.21. The largest absolute Gasteiger partial charge is 0.493 e. The van der Waals surface area contributed by atoms with Crippen LogP contribution in [0.2, 0.25) is 0 Å². The summed E-state index contributed by atoms with van der Waals surface area (Å²) in [7, 11) is 3.09. The predicted molar refractivity (Wildman–Crippen MR) is 106 cm³/mol. The lowest BCUT2D eigenvalue weighted by Gasteiger charge is -2.13. The lowest BCUT2D eigenvalue weighted by molar-refractivity contribution is -0.122. The van der Waals surface area contributed by atoms with Crippen molar-refractivity contribution in [1.29, 1.82) is 0 Å².